The van der Waals surface area contributed by atoms with Crippen molar-refractivity contribution in [3.8, 4) is 0 Å². The van der Waals surface area contributed by atoms with Gasteiger partial charge in [-0.2, -0.15) is 23.5 Å². The lowest BCUT2D eigenvalue weighted by molar-refractivity contribution is -0.144. The molecule has 10 nitrogen and oxygen atoms in total. The average molecular weight is 477 g/mol. The Labute approximate surface area is 192 Å². The maximum atomic E-state index is 11.6. The predicted octanol–water partition coefficient (Wildman–Crippen LogP) is -0.234. The van der Waals surface area contributed by atoms with Crippen LogP contribution in [0.15, 0.2) is 0 Å². The van der Waals surface area contributed by atoms with Gasteiger partial charge in [-0.25, -0.2) is 0 Å². The van der Waals surface area contributed by atoms with Gasteiger partial charge in [-0.3, -0.25) is 38.6 Å². The molecule has 2 aliphatic heterocycles. The predicted molar refractivity (Wildman–Crippen MR) is 121 cm³/mol. The van der Waals surface area contributed by atoms with E-state index in [-0.39, 0.29) is 58.9 Å². The Hall–Kier alpha value is -2.08. The van der Waals surface area contributed by atoms with Gasteiger partial charge in [-0.1, -0.05) is 0 Å². The van der Waals surface area contributed by atoms with Crippen molar-refractivity contribution in [2.24, 2.45) is 0 Å². The van der Waals surface area contributed by atoms with E-state index in [9.17, 15) is 28.8 Å². The van der Waals surface area contributed by atoms with Gasteiger partial charge in [0.15, 0.2) is 0 Å². The number of amides is 6. The Balaban J connectivity index is 0.000000484. The van der Waals surface area contributed by atoms with E-state index in [1.807, 2.05) is 6.26 Å². The van der Waals surface area contributed by atoms with Crippen LogP contribution >= 0.6 is 23.5 Å². The molecule has 0 aromatic carbocycles. The first-order valence-electron chi connectivity index (χ1n) is 9.36. The number of likely N-dealkylation sites (tertiary alicyclic amines) is 2. The first-order valence-corrected chi connectivity index (χ1v) is 11.9. The van der Waals surface area contributed by atoms with Crippen molar-refractivity contribution in [3.63, 3.8) is 0 Å². The molecular weight excluding hydrogens is 444 g/mol. The quantitative estimate of drug-likeness (QED) is 0.511. The van der Waals surface area contributed by atoms with Crippen LogP contribution in [0.5, 0.6) is 0 Å². The molecule has 2 rings (SSSR count). The molecule has 0 saturated carbocycles. The van der Waals surface area contributed by atoms with E-state index in [4.69, 9.17) is 0 Å². The monoisotopic (exact) mass is 476 g/mol. The topological polar surface area (TPSA) is 115 Å². The van der Waals surface area contributed by atoms with E-state index in [0.717, 1.165) is 4.90 Å². The number of nitrogens with zero attached hydrogens (tertiary/aromatic N) is 4. The van der Waals surface area contributed by atoms with E-state index in [1.54, 1.807) is 34.4 Å². The zero-order valence-electron chi connectivity index (χ0n) is 19.3. The summed E-state index contributed by atoms with van der Waals surface area (Å²) in [6.07, 6.45) is 4.21. The molecular formula is C19H32N4O6S2. The lowest BCUT2D eigenvalue weighted by atomic mass is 10.4. The van der Waals surface area contributed by atoms with Crippen LogP contribution in [0.1, 0.15) is 19.8 Å². The molecule has 31 heavy (non-hydrogen) atoms. The van der Waals surface area contributed by atoms with Crippen molar-refractivity contribution < 1.29 is 28.8 Å². The fraction of sp³-hybridized carbons (Fsp3) is 0.684. The summed E-state index contributed by atoms with van der Waals surface area (Å²) in [7, 11) is 8.17. The number of likely N-dealkylation sites (N-methyl/N-ethyl adjacent to an activating group) is 1. The molecule has 0 spiro atoms. The molecule has 2 unspecified atom stereocenters. The molecule has 2 heterocycles. The van der Waals surface area contributed by atoms with Crippen molar-refractivity contribution in [2.45, 2.75) is 30.3 Å². The van der Waals surface area contributed by atoms with E-state index in [1.165, 1.54) is 52.2 Å². The summed E-state index contributed by atoms with van der Waals surface area (Å²) in [5, 5.41) is -0.440. The molecule has 0 radical (unpaired) electrons. The zero-order chi connectivity index (χ0) is 24.5. The van der Waals surface area contributed by atoms with Crippen LogP contribution in [0.2, 0.25) is 0 Å². The summed E-state index contributed by atoms with van der Waals surface area (Å²) in [5.41, 5.74) is 0. The molecule has 2 aliphatic rings. The van der Waals surface area contributed by atoms with E-state index in [0.29, 0.717) is 6.42 Å². The van der Waals surface area contributed by atoms with Crippen LogP contribution in [0.4, 0.5) is 0 Å². The van der Waals surface area contributed by atoms with Gasteiger partial charge in [0.2, 0.25) is 35.4 Å². The number of hydrogen-bond donors (Lipinski definition) is 0. The van der Waals surface area contributed by atoms with Gasteiger partial charge in [0.25, 0.3) is 0 Å². The number of carbonyl (C=O) groups excluding carboxylic acids is 6. The van der Waals surface area contributed by atoms with E-state index >= 15 is 0 Å². The summed E-state index contributed by atoms with van der Waals surface area (Å²) >= 11 is 2.78. The molecule has 176 valence electrons. The minimum absolute atomic E-state index is 0.0579. The molecule has 2 fully saturated rings. The molecule has 0 bridgehead atoms. The highest BCUT2D eigenvalue weighted by Gasteiger charge is 2.39. The second-order valence-electron chi connectivity index (χ2n) is 7.17. The Bertz CT molecular complexity index is 714. The van der Waals surface area contributed by atoms with Crippen molar-refractivity contribution in [2.75, 3.05) is 54.3 Å². The Morgan fingerprint density at radius 1 is 0.871 bits per heavy atom. The van der Waals surface area contributed by atoms with Crippen molar-refractivity contribution in [1.82, 2.24) is 19.6 Å². The van der Waals surface area contributed by atoms with E-state index < -0.39 is 0 Å². The number of imide groups is 2. The van der Waals surface area contributed by atoms with Gasteiger partial charge in [-0.05, 0) is 12.5 Å². The largest absolute Gasteiger partial charge is 0.349 e. The highest BCUT2D eigenvalue weighted by Crippen LogP contribution is 2.23. The van der Waals surface area contributed by atoms with Crippen molar-refractivity contribution in [1.29, 1.82) is 0 Å². The average Bonchev–Trinajstić information content (AvgIpc) is 3.12. The van der Waals surface area contributed by atoms with Gasteiger partial charge < -0.3 is 9.80 Å². The second-order valence-corrected chi connectivity index (χ2v) is 9.25. The van der Waals surface area contributed by atoms with Crippen molar-refractivity contribution >= 4 is 59.0 Å². The van der Waals surface area contributed by atoms with Gasteiger partial charge in [-0.15, -0.1) is 0 Å². The third kappa shape index (κ3) is 8.90. The normalized spacial score (nSPS) is 20.1. The lowest BCUT2D eigenvalue weighted by Gasteiger charge is -2.17. The highest BCUT2D eigenvalue weighted by molar-refractivity contribution is 8.00. The summed E-state index contributed by atoms with van der Waals surface area (Å²) in [6, 6.07) is 0. The first-order chi connectivity index (χ1) is 14.3. The Morgan fingerprint density at radius 3 is 1.55 bits per heavy atom. The minimum Gasteiger partial charge on any atom is -0.349 e. The van der Waals surface area contributed by atoms with Crippen LogP contribution in [-0.4, -0.2) is 120 Å². The van der Waals surface area contributed by atoms with Gasteiger partial charge in [0, 0.05) is 55.0 Å². The summed E-state index contributed by atoms with van der Waals surface area (Å²) in [6.45, 7) is 1.39. The summed E-state index contributed by atoms with van der Waals surface area (Å²) in [5.74, 6) is -0.771. The highest BCUT2D eigenvalue weighted by atomic mass is 32.2. The van der Waals surface area contributed by atoms with Crippen LogP contribution in [-0.2, 0) is 28.8 Å². The Morgan fingerprint density at radius 2 is 1.29 bits per heavy atom. The SMILES string of the molecule is CC(=O)N(C)C.CSC1CC(=O)N(C)C1=O.CSC1CC(=O)N(CC(=O)N(C)C)C1=O. The molecule has 6 amide bonds. The molecule has 2 saturated heterocycles. The number of carbonyl (C=O) groups is 6. The Kier molecular flexibility index (Phi) is 12.5. The zero-order valence-corrected chi connectivity index (χ0v) is 21.0. The molecule has 2 atom stereocenters. The molecule has 12 heteroatoms. The minimum atomic E-state index is -0.313. The smallest absolute Gasteiger partial charge is 0.243 e. The van der Waals surface area contributed by atoms with Crippen LogP contribution < -0.4 is 0 Å². The maximum absolute atomic E-state index is 11.6. The van der Waals surface area contributed by atoms with Crippen molar-refractivity contribution in [3.05, 3.63) is 0 Å². The molecule has 0 aliphatic carbocycles. The van der Waals surface area contributed by atoms with Crippen LogP contribution in [0.3, 0.4) is 0 Å². The van der Waals surface area contributed by atoms with Gasteiger partial charge in [0.1, 0.15) is 6.54 Å². The lowest BCUT2D eigenvalue weighted by Crippen LogP contribution is -2.40. The fourth-order valence-electron chi connectivity index (χ4n) is 2.19. The number of rotatable bonds is 4. The van der Waals surface area contributed by atoms with Gasteiger partial charge in [0.05, 0.1) is 10.5 Å². The van der Waals surface area contributed by atoms with Crippen LogP contribution in [0, 0.1) is 0 Å². The second kappa shape index (κ2) is 13.4. The van der Waals surface area contributed by atoms with Gasteiger partial charge >= 0.3 is 0 Å². The fourth-order valence-corrected chi connectivity index (χ4v) is 3.49. The van der Waals surface area contributed by atoms with E-state index in [2.05, 4.69) is 0 Å². The molecule has 0 aromatic rings. The third-order valence-electron chi connectivity index (χ3n) is 4.53. The van der Waals surface area contributed by atoms with Crippen LogP contribution in [0.25, 0.3) is 0 Å². The standard InChI is InChI=1S/C9H14N2O3S.C6H9NO2S.C4H9NO/c1-10(2)8(13)5-11-7(12)4-6(15-3)9(11)14;1-7-5(8)3-4(10-2)6(7)9;1-4(6)5(2)3/h6H,4-5H2,1-3H3;4H,3H2,1-2H3;1-3H3. The first kappa shape index (κ1) is 28.9. The third-order valence-corrected chi connectivity index (χ3v) is 6.41. The number of hydrogen-bond acceptors (Lipinski definition) is 8. The summed E-state index contributed by atoms with van der Waals surface area (Å²) in [4.78, 5) is 71.5. The number of thioether (sulfide) groups is 2. The molecule has 0 N–H and O–H groups in total. The maximum Gasteiger partial charge on any atom is 0.243 e. The molecule has 0 aromatic heterocycles. The summed E-state index contributed by atoms with van der Waals surface area (Å²) < 4.78 is 0.